The number of hydrogen-bond acceptors (Lipinski definition) is 4. The summed E-state index contributed by atoms with van der Waals surface area (Å²) in [6.45, 7) is 9.57. The van der Waals surface area contributed by atoms with E-state index in [4.69, 9.17) is 4.98 Å². The van der Waals surface area contributed by atoms with Crippen molar-refractivity contribution in [2.45, 2.75) is 58.7 Å². The average molecular weight is 503 g/mol. The maximum Gasteiger partial charge on any atom is 0.408 e. The second-order valence-electron chi connectivity index (χ2n) is 10.8. The number of carboxylic acid groups (broad SMARTS) is 1. The van der Waals surface area contributed by atoms with Crippen LogP contribution in [-0.4, -0.2) is 70.7 Å². The highest BCUT2D eigenvalue weighted by molar-refractivity contribution is 5.98. The van der Waals surface area contributed by atoms with Gasteiger partial charge in [-0.05, 0) is 70.9 Å². The molecule has 0 bridgehead atoms. The van der Waals surface area contributed by atoms with Gasteiger partial charge in [0.05, 0.1) is 34.5 Å². The predicted octanol–water partition coefficient (Wildman–Crippen LogP) is 4.99. The Hall–Kier alpha value is -3.88. The molecule has 194 valence electrons. The molecule has 1 N–H and O–H groups in total. The molecular weight excluding hydrogens is 468 g/mol. The fraction of sp³-hybridized carbons (Fsp3) is 0.429. The molecule has 0 radical (unpaired) electrons. The molecule has 37 heavy (non-hydrogen) atoms. The summed E-state index contributed by atoms with van der Waals surface area (Å²) in [7, 11) is 1.99. The van der Waals surface area contributed by atoms with Gasteiger partial charge in [0.2, 0.25) is 0 Å². The molecule has 1 saturated heterocycles. The molecule has 9 nitrogen and oxygen atoms in total. The molecule has 0 saturated carbocycles. The molecule has 1 atom stereocenters. The van der Waals surface area contributed by atoms with Crippen LogP contribution >= 0.6 is 0 Å². The summed E-state index contributed by atoms with van der Waals surface area (Å²) in [5.74, 6) is 0.741. The summed E-state index contributed by atoms with van der Waals surface area (Å²) >= 11 is 0. The number of nitrogens with zero attached hydrogens (tertiary/aromatic N) is 6. The van der Waals surface area contributed by atoms with Gasteiger partial charge >= 0.3 is 6.09 Å². The summed E-state index contributed by atoms with van der Waals surface area (Å²) in [5, 5.41) is 10.9. The predicted molar refractivity (Wildman–Crippen MR) is 144 cm³/mol. The first-order chi connectivity index (χ1) is 17.6. The van der Waals surface area contributed by atoms with Gasteiger partial charge in [-0.2, -0.15) is 0 Å². The summed E-state index contributed by atoms with van der Waals surface area (Å²) < 4.78 is 4.26. The van der Waals surface area contributed by atoms with Gasteiger partial charge in [-0.1, -0.05) is 0 Å². The first kappa shape index (κ1) is 24.8. The van der Waals surface area contributed by atoms with Crippen LogP contribution in [0.5, 0.6) is 0 Å². The fourth-order valence-electron chi connectivity index (χ4n) is 5.71. The van der Waals surface area contributed by atoms with Crippen molar-refractivity contribution in [1.29, 1.82) is 0 Å². The number of imidazole rings is 1. The van der Waals surface area contributed by atoms with Crippen molar-refractivity contribution in [2.75, 3.05) is 13.1 Å². The number of carbonyl (C=O) groups is 2. The number of piperidine rings is 1. The molecule has 2 amide bonds. The average Bonchev–Trinajstić information content (AvgIpc) is 3.39. The van der Waals surface area contributed by atoms with E-state index in [1.807, 2.05) is 58.3 Å². The maximum absolute atomic E-state index is 13.5. The van der Waals surface area contributed by atoms with E-state index < -0.39 is 11.6 Å². The maximum atomic E-state index is 13.5. The summed E-state index contributed by atoms with van der Waals surface area (Å²) in [6.07, 6.45) is 4.23. The normalized spacial score (nSPS) is 16.5. The van der Waals surface area contributed by atoms with Crippen molar-refractivity contribution >= 4 is 33.9 Å². The summed E-state index contributed by atoms with van der Waals surface area (Å²) in [4.78, 5) is 38.0. The fourth-order valence-corrected chi connectivity index (χ4v) is 5.71. The van der Waals surface area contributed by atoms with E-state index >= 15 is 0 Å². The van der Waals surface area contributed by atoms with Gasteiger partial charge in [0.1, 0.15) is 0 Å². The molecule has 0 aliphatic carbocycles. The number of aromatic nitrogens is 4. The Kier molecular flexibility index (Phi) is 6.17. The van der Waals surface area contributed by atoms with Gasteiger partial charge in [-0.15, -0.1) is 0 Å². The van der Waals surface area contributed by atoms with Gasteiger partial charge in [0, 0.05) is 49.4 Å². The monoisotopic (exact) mass is 502 g/mol. The van der Waals surface area contributed by atoms with Crippen molar-refractivity contribution in [3.05, 3.63) is 48.3 Å². The van der Waals surface area contributed by atoms with Crippen molar-refractivity contribution in [1.82, 2.24) is 28.9 Å². The number of aryl methyl sites for hydroxylation is 2. The Morgan fingerprint density at radius 1 is 1.16 bits per heavy atom. The first-order valence-electron chi connectivity index (χ1n) is 12.8. The molecule has 0 spiro atoms. The molecule has 5 rings (SSSR count). The molecule has 1 aromatic carbocycles. The van der Waals surface area contributed by atoms with E-state index in [2.05, 4.69) is 27.1 Å². The van der Waals surface area contributed by atoms with Gasteiger partial charge in [0.25, 0.3) is 5.91 Å². The Morgan fingerprint density at radius 2 is 1.95 bits per heavy atom. The van der Waals surface area contributed by atoms with E-state index in [9.17, 15) is 14.7 Å². The largest absolute Gasteiger partial charge is 0.465 e. The highest BCUT2D eigenvalue weighted by Crippen LogP contribution is 2.30. The number of amides is 2. The number of carbonyl (C=O) groups excluding carboxylic acids is 1. The molecule has 1 fully saturated rings. The van der Waals surface area contributed by atoms with Crippen LogP contribution in [-0.2, 0) is 13.6 Å². The van der Waals surface area contributed by atoms with Crippen LogP contribution in [0.4, 0.5) is 4.79 Å². The number of hydrogen-bond donors (Lipinski definition) is 1. The standard InChI is InChI=1S/C28H34N6O3/c1-6-33-23(15-18-11-12-29-16-24(18)33)25-30-21-14-19(9-10-22(21)31(25)5)26(35)32-13-7-8-20(17-32)34(27(36)37)28(2,3)4/h9-12,14-16,20H,6-8,13,17H2,1-5H3,(H,36,37). The number of likely N-dealkylation sites (tertiary alicyclic amines) is 1. The number of rotatable bonds is 4. The van der Waals surface area contributed by atoms with Gasteiger partial charge in [-0.25, -0.2) is 9.78 Å². The van der Waals surface area contributed by atoms with E-state index in [0.717, 1.165) is 52.8 Å². The van der Waals surface area contributed by atoms with Crippen LogP contribution < -0.4 is 0 Å². The Balaban J connectivity index is 1.46. The quantitative estimate of drug-likeness (QED) is 0.424. The van der Waals surface area contributed by atoms with Crippen LogP contribution in [0, 0.1) is 0 Å². The molecule has 3 aromatic heterocycles. The molecule has 4 aromatic rings. The molecule has 1 unspecified atom stereocenters. The first-order valence-corrected chi connectivity index (χ1v) is 12.8. The Labute approximate surface area is 216 Å². The van der Waals surface area contributed by atoms with E-state index in [-0.39, 0.29) is 11.9 Å². The summed E-state index contributed by atoms with van der Waals surface area (Å²) in [5.41, 5.74) is 3.79. The van der Waals surface area contributed by atoms with Crippen LogP contribution in [0.3, 0.4) is 0 Å². The minimum atomic E-state index is -0.950. The molecule has 4 heterocycles. The zero-order valence-electron chi connectivity index (χ0n) is 22.1. The van der Waals surface area contributed by atoms with Crippen LogP contribution in [0.25, 0.3) is 33.5 Å². The van der Waals surface area contributed by atoms with Crippen LogP contribution in [0.2, 0.25) is 0 Å². The second-order valence-corrected chi connectivity index (χ2v) is 10.8. The van der Waals surface area contributed by atoms with Crippen LogP contribution in [0.15, 0.2) is 42.7 Å². The minimum absolute atomic E-state index is 0.0909. The lowest BCUT2D eigenvalue weighted by molar-refractivity contribution is 0.0315. The zero-order chi connectivity index (χ0) is 26.5. The highest BCUT2D eigenvalue weighted by Gasteiger charge is 2.37. The van der Waals surface area contributed by atoms with Gasteiger partial charge in [0.15, 0.2) is 5.82 Å². The lowest BCUT2D eigenvalue weighted by Gasteiger charge is -2.44. The Morgan fingerprint density at radius 3 is 2.65 bits per heavy atom. The lowest BCUT2D eigenvalue weighted by atomic mass is 9.97. The molecule has 1 aliphatic heterocycles. The third-order valence-electron chi connectivity index (χ3n) is 7.36. The van der Waals surface area contributed by atoms with E-state index in [1.54, 1.807) is 11.1 Å². The number of fused-ring (bicyclic) bond motifs is 2. The third kappa shape index (κ3) is 4.32. The van der Waals surface area contributed by atoms with Crippen molar-refractivity contribution in [3.8, 4) is 11.5 Å². The van der Waals surface area contributed by atoms with Crippen molar-refractivity contribution < 1.29 is 14.7 Å². The van der Waals surface area contributed by atoms with Gasteiger partial charge in [-0.3, -0.25) is 14.7 Å². The highest BCUT2D eigenvalue weighted by atomic mass is 16.4. The number of pyridine rings is 1. The van der Waals surface area contributed by atoms with Crippen molar-refractivity contribution in [3.63, 3.8) is 0 Å². The topological polar surface area (TPSA) is 96.5 Å². The van der Waals surface area contributed by atoms with Crippen LogP contribution in [0.1, 0.15) is 50.9 Å². The SMILES string of the molecule is CCn1c(-c2nc3cc(C(=O)N4CCCC(N(C(=O)O)C(C)(C)C)C4)ccc3n2C)cc2ccncc21. The molecule has 1 aliphatic rings. The van der Waals surface area contributed by atoms with E-state index in [0.29, 0.717) is 18.7 Å². The van der Waals surface area contributed by atoms with Crippen molar-refractivity contribution in [2.24, 2.45) is 7.05 Å². The van der Waals surface area contributed by atoms with Gasteiger partial charge < -0.3 is 19.1 Å². The zero-order valence-corrected chi connectivity index (χ0v) is 22.1. The molecular formula is C28H34N6O3. The number of benzene rings is 1. The molecule has 9 heteroatoms. The van der Waals surface area contributed by atoms with E-state index in [1.165, 1.54) is 4.90 Å². The minimum Gasteiger partial charge on any atom is -0.465 e. The Bertz CT molecular complexity index is 1500. The smallest absolute Gasteiger partial charge is 0.408 e. The second kappa shape index (κ2) is 9.21. The summed E-state index contributed by atoms with van der Waals surface area (Å²) in [6, 6.07) is 9.54. The lowest BCUT2D eigenvalue weighted by Crippen LogP contribution is -2.57. The third-order valence-corrected chi connectivity index (χ3v) is 7.36.